The first-order valence-electron chi connectivity index (χ1n) is 4.71. The van der Waals surface area contributed by atoms with E-state index < -0.39 is 29.3 Å². The molecule has 0 bridgehead atoms. The normalized spacial score (nSPS) is 12.4. The maximum absolute atomic E-state index is 13.7. The fourth-order valence-electron chi connectivity index (χ4n) is 1.38. The highest BCUT2D eigenvalue weighted by Gasteiger charge is 2.22. The van der Waals surface area contributed by atoms with Crippen molar-refractivity contribution in [2.75, 3.05) is 0 Å². The van der Waals surface area contributed by atoms with Crippen molar-refractivity contribution in [3.05, 3.63) is 21.9 Å². The molecule has 1 unspecified atom stereocenters. The molecule has 94 valence electrons. The molecule has 5 nitrogen and oxygen atoms in total. The number of carbonyl (C=O) groups is 1. The summed E-state index contributed by atoms with van der Waals surface area (Å²) in [6.07, 6.45) is -0.303. The third-order valence-corrected chi connectivity index (χ3v) is 2.82. The average molecular weight is 308 g/mol. The van der Waals surface area contributed by atoms with Gasteiger partial charge in [-0.15, -0.1) is 0 Å². The van der Waals surface area contributed by atoms with E-state index in [0.717, 1.165) is 6.07 Å². The summed E-state index contributed by atoms with van der Waals surface area (Å²) < 4.78 is 13.6. The van der Waals surface area contributed by atoms with E-state index in [1.165, 1.54) is 0 Å². The van der Waals surface area contributed by atoms with Gasteiger partial charge < -0.3 is 21.1 Å². The minimum Gasteiger partial charge on any atom is -0.504 e. The van der Waals surface area contributed by atoms with E-state index in [4.69, 9.17) is 10.8 Å². The number of phenolic OH excluding ortho intramolecular Hbond substituents is 2. The Hall–Kier alpha value is -1.34. The van der Waals surface area contributed by atoms with Crippen LogP contribution in [0.5, 0.6) is 11.5 Å². The van der Waals surface area contributed by atoms with E-state index >= 15 is 0 Å². The molecule has 5 N–H and O–H groups in total. The zero-order valence-corrected chi connectivity index (χ0v) is 10.2. The van der Waals surface area contributed by atoms with Crippen LogP contribution in [0, 0.1) is 5.82 Å². The average Bonchev–Trinajstić information content (AvgIpc) is 2.24. The van der Waals surface area contributed by atoms with E-state index in [-0.39, 0.29) is 22.9 Å². The van der Waals surface area contributed by atoms with Crippen molar-refractivity contribution in [2.45, 2.75) is 18.9 Å². The second-order valence-electron chi connectivity index (χ2n) is 3.49. The highest BCUT2D eigenvalue weighted by molar-refractivity contribution is 9.10. The predicted molar refractivity (Wildman–Crippen MR) is 61.2 cm³/mol. The van der Waals surface area contributed by atoms with Crippen molar-refractivity contribution in [2.24, 2.45) is 5.73 Å². The number of carboxylic acid groups (broad SMARTS) is 1. The predicted octanol–water partition coefficient (Wildman–Crippen LogP) is 1.86. The summed E-state index contributed by atoms with van der Waals surface area (Å²) in [5.41, 5.74) is 5.29. The van der Waals surface area contributed by atoms with Gasteiger partial charge >= 0.3 is 5.97 Å². The summed E-state index contributed by atoms with van der Waals surface area (Å²) >= 11 is 2.86. The van der Waals surface area contributed by atoms with E-state index in [0.29, 0.717) is 0 Å². The molecule has 0 heterocycles. The number of hydrogen-bond acceptors (Lipinski definition) is 4. The number of benzene rings is 1. The van der Waals surface area contributed by atoms with Crippen molar-refractivity contribution in [1.29, 1.82) is 0 Å². The van der Waals surface area contributed by atoms with Crippen LogP contribution in [-0.4, -0.2) is 21.3 Å². The Morgan fingerprint density at radius 2 is 2.12 bits per heavy atom. The zero-order valence-electron chi connectivity index (χ0n) is 8.65. The molecule has 0 aromatic heterocycles. The largest absolute Gasteiger partial charge is 0.504 e. The fourth-order valence-corrected chi connectivity index (χ4v) is 1.81. The van der Waals surface area contributed by atoms with Gasteiger partial charge in [0.1, 0.15) is 5.82 Å². The number of carboxylic acids is 1. The van der Waals surface area contributed by atoms with E-state index in [2.05, 4.69) is 15.9 Å². The first kappa shape index (κ1) is 13.7. The molecule has 1 aromatic carbocycles. The lowest BCUT2D eigenvalue weighted by Crippen LogP contribution is -2.14. The Morgan fingerprint density at radius 3 is 2.65 bits per heavy atom. The molecule has 0 aliphatic rings. The third-order valence-electron chi connectivity index (χ3n) is 2.25. The lowest BCUT2D eigenvalue weighted by molar-refractivity contribution is -0.137. The van der Waals surface area contributed by atoms with Gasteiger partial charge in [0.05, 0.1) is 10.0 Å². The van der Waals surface area contributed by atoms with E-state index in [1.54, 1.807) is 0 Å². The van der Waals surface area contributed by atoms with Crippen LogP contribution >= 0.6 is 15.9 Å². The summed E-state index contributed by atoms with van der Waals surface area (Å²) in [5.74, 6) is -3.06. The van der Waals surface area contributed by atoms with Crippen molar-refractivity contribution >= 4 is 21.9 Å². The number of halogens is 2. The highest BCUT2D eigenvalue weighted by Crippen LogP contribution is 2.39. The Morgan fingerprint density at radius 1 is 1.53 bits per heavy atom. The summed E-state index contributed by atoms with van der Waals surface area (Å²) in [5, 5.41) is 27.3. The summed E-state index contributed by atoms with van der Waals surface area (Å²) in [6.45, 7) is 0. The first-order valence-corrected chi connectivity index (χ1v) is 5.51. The number of aromatic hydroxyl groups is 2. The molecule has 0 amide bonds. The molecule has 0 saturated carbocycles. The van der Waals surface area contributed by atoms with Gasteiger partial charge in [-0.05, 0) is 22.4 Å². The lowest BCUT2D eigenvalue weighted by Gasteiger charge is -2.15. The van der Waals surface area contributed by atoms with Crippen LogP contribution < -0.4 is 5.73 Å². The molecule has 0 spiro atoms. The van der Waals surface area contributed by atoms with Gasteiger partial charge in [-0.2, -0.15) is 0 Å². The molecule has 1 atom stereocenters. The fraction of sp³-hybridized carbons (Fsp3) is 0.300. The molecule has 0 aliphatic carbocycles. The van der Waals surface area contributed by atoms with E-state index in [9.17, 15) is 19.4 Å². The van der Waals surface area contributed by atoms with Crippen molar-refractivity contribution in [3.63, 3.8) is 0 Å². The summed E-state index contributed by atoms with van der Waals surface area (Å²) in [4.78, 5) is 10.4. The molecule has 0 saturated heterocycles. The van der Waals surface area contributed by atoms with Gasteiger partial charge in [-0.25, -0.2) is 4.39 Å². The van der Waals surface area contributed by atoms with Gasteiger partial charge in [0.2, 0.25) is 0 Å². The molecule has 0 radical (unpaired) electrons. The quantitative estimate of drug-likeness (QED) is 0.636. The Balaban J connectivity index is 3.07. The second-order valence-corrected chi connectivity index (χ2v) is 4.35. The van der Waals surface area contributed by atoms with Crippen LogP contribution in [0.15, 0.2) is 10.5 Å². The minimum atomic E-state index is -1.07. The molecule has 17 heavy (non-hydrogen) atoms. The van der Waals surface area contributed by atoms with Crippen LogP contribution in [0.4, 0.5) is 4.39 Å². The van der Waals surface area contributed by atoms with Crippen LogP contribution in [0.2, 0.25) is 0 Å². The van der Waals surface area contributed by atoms with E-state index in [1.807, 2.05) is 0 Å². The van der Waals surface area contributed by atoms with Crippen LogP contribution in [0.25, 0.3) is 0 Å². The van der Waals surface area contributed by atoms with Crippen molar-refractivity contribution in [1.82, 2.24) is 0 Å². The molecule has 0 aliphatic heterocycles. The summed E-state index contributed by atoms with van der Waals surface area (Å²) in [7, 11) is 0. The maximum atomic E-state index is 13.7. The number of phenols is 2. The van der Waals surface area contributed by atoms with Gasteiger partial charge in [0.25, 0.3) is 0 Å². The smallest absolute Gasteiger partial charge is 0.303 e. The Kier molecular flexibility index (Phi) is 4.30. The molecule has 0 fully saturated rings. The minimum absolute atomic E-state index is 0.0459. The maximum Gasteiger partial charge on any atom is 0.303 e. The molecule has 1 rings (SSSR count). The van der Waals surface area contributed by atoms with Crippen LogP contribution in [-0.2, 0) is 4.79 Å². The van der Waals surface area contributed by atoms with Crippen LogP contribution in [0.3, 0.4) is 0 Å². The SMILES string of the molecule is NC(CCC(=O)O)c1c(O)c(O)cc(Br)c1F. The Bertz CT molecular complexity index is 426. The monoisotopic (exact) mass is 307 g/mol. The Labute approximate surface area is 105 Å². The molecular weight excluding hydrogens is 297 g/mol. The van der Waals surface area contributed by atoms with Crippen molar-refractivity contribution < 1.29 is 24.5 Å². The third kappa shape index (κ3) is 3.07. The number of hydrogen-bond donors (Lipinski definition) is 4. The number of aliphatic carboxylic acids is 1. The first-order chi connectivity index (χ1) is 7.84. The zero-order chi connectivity index (χ0) is 13.2. The van der Waals surface area contributed by atoms with Gasteiger partial charge in [0.15, 0.2) is 11.5 Å². The molecule has 7 heteroatoms. The standard InChI is InChI=1S/C10H11BrFNO4/c11-4-3-6(14)10(17)8(9(4)12)5(13)1-2-7(15)16/h3,5,14,17H,1-2,13H2,(H,15,16). The summed E-state index contributed by atoms with van der Waals surface area (Å²) in [6, 6.07) is -0.00699. The van der Waals surface area contributed by atoms with Gasteiger partial charge in [-0.3, -0.25) is 4.79 Å². The number of nitrogens with two attached hydrogens (primary N) is 1. The molecular formula is C10H11BrFNO4. The number of rotatable bonds is 4. The van der Waals surface area contributed by atoms with Crippen LogP contribution in [0.1, 0.15) is 24.4 Å². The van der Waals surface area contributed by atoms with Gasteiger partial charge in [-0.1, -0.05) is 0 Å². The molecule has 1 aromatic rings. The second kappa shape index (κ2) is 5.33. The lowest BCUT2D eigenvalue weighted by atomic mass is 10.0. The van der Waals surface area contributed by atoms with Crippen molar-refractivity contribution in [3.8, 4) is 11.5 Å². The topological polar surface area (TPSA) is 104 Å². The van der Waals surface area contributed by atoms with Gasteiger partial charge in [0, 0.05) is 18.5 Å². The highest BCUT2D eigenvalue weighted by atomic mass is 79.9.